The Morgan fingerprint density at radius 1 is 1.43 bits per heavy atom. The SMILES string of the molecule is NCc1nc(C(=O)Nc2cccc(Cl)c2N2CCOCC2)cs1. The maximum absolute atomic E-state index is 12.4. The van der Waals surface area contributed by atoms with E-state index in [2.05, 4.69) is 15.2 Å². The van der Waals surface area contributed by atoms with Crippen LogP contribution in [0.2, 0.25) is 5.02 Å². The third-order valence-electron chi connectivity index (χ3n) is 3.52. The summed E-state index contributed by atoms with van der Waals surface area (Å²) in [5, 5.41) is 5.94. The molecule has 1 saturated heterocycles. The zero-order valence-corrected chi connectivity index (χ0v) is 14.0. The molecule has 0 saturated carbocycles. The molecule has 1 amide bonds. The fraction of sp³-hybridized carbons (Fsp3) is 0.333. The van der Waals surface area contributed by atoms with Crippen LogP contribution in [0, 0.1) is 0 Å². The highest BCUT2D eigenvalue weighted by Gasteiger charge is 2.20. The molecule has 0 atom stereocenters. The van der Waals surface area contributed by atoms with E-state index in [1.165, 1.54) is 11.3 Å². The largest absolute Gasteiger partial charge is 0.378 e. The van der Waals surface area contributed by atoms with E-state index in [4.69, 9.17) is 22.1 Å². The number of thiazole rings is 1. The Bertz CT molecular complexity index is 701. The molecule has 6 nitrogen and oxygen atoms in total. The lowest BCUT2D eigenvalue weighted by Crippen LogP contribution is -2.37. The van der Waals surface area contributed by atoms with Gasteiger partial charge in [-0.25, -0.2) is 4.98 Å². The van der Waals surface area contributed by atoms with Gasteiger partial charge in [0.25, 0.3) is 5.91 Å². The van der Waals surface area contributed by atoms with Crippen molar-refractivity contribution in [1.29, 1.82) is 0 Å². The zero-order chi connectivity index (χ0) is 16.2. The Balaban J connectivity index is 1.84. The molecule has 1 aliphatic rings. The number of halogens is 1. The lowest BCUT2D eigenvalue weighted by atomic mass is 10.2. The minimum atomic E-state index is -0.266. The van der Waals surface area contributed by atoms with E-state index in [9.17, 15) is 4.79 Å². The van der Waals surface area contributed by atoms with Crippen LogP contribution in [0.1, 0.15) is 15.5 Å². The van der Waals surface area contributed by atoms with Crippen LogP contribution in [-0.4, -0.2) is 37.2 Å². The minimum absolute atomic E-state index is 0.266. The van der Waals surface area contributed by atoms with E-state index in [0.717, 1.165) is 23.8 Å². The molecule has 1 aromatic heterocycles. The number of hydrogen-bond acceptors (Lipinski definition) is 6. The van der Waals surface area contributed by atoms with E-state index in [1.807, 2.05) is 18.2 Å². The van der Waals surface area contributed by atoms with E-state index >= 15 is 0 Å². The molecule has 0 bridgehead atoms. The van der Waals surface area contributed by atoms with Gasteiger partial charge >= 0.3 is 0 Å². The highest BCUT2D eigenvalue weighted by Crippen LogP contribution is 2.34. The summed E-state index contributed by atoms with van der Waals surface area (Å²) in [6, 6.07) is 5.47. The number of carbonyl (C=O) groups is 1. The molecule has 8 heteroatoms. The van der Waals surface area contributed by atoms with Crippen LogP contribution >= 0.6 is 22.9 Å². The Labute approximate surface area is 143 Å². The highest BCUT2D eigenvalue weighted by atomic mass is 35.5. The molecule has 1 aliphatic heterocycles. The van der Waals surface area contributed by atoms with Crippen molar-refractivity contribution in [2.75, 3.05) is 36.5 Å². The number of nitrogens with two attached hydrogens (primary N) is 1. The fourth-order valence-electron chi connectivity index (χ4n) is 2.42. The average molecular weight is 353 g/mol. The van der Waals surface area contributed by atoms with Crippen LogP contribution in [-0.2, 0) is 11.3 Å². The normalized spacial score (nSPS) is 14.8. The van der Waals surface area contributed by atoms with Crippen molar-refractivity contribution in [3.63, 3.8) is 0 Å². The highest BCUT2D eigenvalue weighted by molar-refractivity contribution is 7.09. The predicted molar refractivity (Wildman–Crippen MR) is 92.4 cm³/mol. The number of benzene rings is 1. The third-order valence-corrected chi connectivity index (χ3v) is 4.70. The van der Waals surface area contributed by atoms with Crippen molar-refractivity contribution in [1.82, 2.24) is 4.98 Å². The van der Waals surface area contributed by atoms with Crippen LogP contribution in [0.25, 0.3) is 0 Å². The van der Waals surface area contributed by atoms with Crippen molar-refractivity contribution in [2.24, 2.45) is 5.73 Å². The molecule has 1 aromatic carbocycles. The van der Waals surface area contributed by atoms with E-state index < -0.39 is 0 Å². The van der Waals surface area contributed by atoms with Gasteiger partial charge in [-0.05, 0) is 12.1 Å². The fourth-order valence-corrected chi connectivity index (χ4v) is 3.37. The second-order valence-corrected chi connectivity index (χ2v) is 6.37. The number of aromatic nitrogens is 1. The summed E-state index contributed by atoms with van der Waals surface area (Å²) in [7, 11) is 0. The molecule has 2 aromatic rings. The van der Waals surface area contributed by atoms with Gasteiger partial charge < -0.3 is 20.7 Å². The number of rotatable bonds is 4. The number of para-hydroxylation sites is 1. The first-order valence-electron chi connectivity index (χ1n) is 7.26. The summed E-state index contributed by atoms with van der Waals surface area (Å²) in [4.78, 5) is 18.7. The second-order valence-electron chi connectivity index (χ2n) is 5.02. The topological polar surface area (TPSA) is 80.5 Å². The lowest BCUT2D eigenvalue weighted by Gasteiger charge is -2.31. The molecule has 3 N–H and O–H groups in total. The summed E-state index contributed by atoms with van der Waals surface area (Å²) in [5.74, 6) is -0.266. The van der Waals surface area contributed by atoms with Gasteiger partial charge in [0.05, 0.1) is 29.6 Å². The van der Waals surface area contributed by atoms with Crippen molar-refractivity contribution in [3.05, 3.63) is 39.3 Å². The molecule has 122 valence electrons. The number of nitrogens with one attached hydrogen (secondary N) is 1. The Morgan fingerprint density at radius 2 is 2.22 bits per heavy atom. The van der Waals surface area contributed by atoms with Crippen LogP contribution in [0.4, 0.5) is 11.4 Å². The molecular weight excluding hydrogens is 336 g/mol. The standard InChI is InChI=1S/C15H17ClN4O2S/c16-10-2-1-3-11(14(10)20-4-6-22-7-5-20)19-15(21)12-9-23-13(8-17)18-12/h1-3,9H,4-8,17H2,(H,19,21). The van der Waals surface area contributed by atoms with Gasteiger partial charge in [0.15, 0.2) is 0 Å². The van der Waals surface area contributed by atoms with Gasteiger partial charge in [0, 0.05) is 25.0 Å². The molecule has 0 radical (unpaired) electrons. The second kappa shape index (κ2) is 7.27. The van der Waals surface area contributed by atoms with Crippen molar-refractivity contribution < 1.29 is 9.53 Å². The summed E-state index contributed by atoms with van der Waals surface area (Å²) >= 11 is 7.73. The summed E-state index contributed by atoms with van der Waals surface area (Å²) in [5.41, 5.74) is 7.39. The van der Waals surface area contributed by atoms with Gasteiger partial charge in [-0.1, -0.05) is 17.7 Å². The molecule has 0 unspecified atom stereocenters. The van der Waals surface area contributed by atoms with Crippen LogP contribution < -0.4 is 16.0 Å². The lowest BCUT2D eigenvalue weighted by molar-refractivity contribution is 0.102. The zero-order valence-electron chi connectivity index (χ0n) is 12.4. The van der Waals surface area contributed by atoms with E-state index in [-0.39, 0.29) is 5.91 Å². The summed E-state index contributed by atoms with van der Waals surface area (Å²) in [6.07, 6.45) is 0. The Morgan fingerprint density at radius 3 is 2.91 bits per heavy atom. The number of carbonyl (C=O) groups excluding carboxylic acids is 1. The number of morpholine rings is 1. The molecule has 2 heterocycles. The van der Waals surface area contributed by atoms with Crippen molar-refractivity contribution in [3.8, 4) is 0 Å². The Kier molecular flexibility index (Phi) is 5.12. The number of nitrogens with zero attached hydrogens (tertiary/aromatic N) is 2. The summed E-state index contributed by atoms with van der Waals surface area (Å²) in [6.45, 7) is 3.09. The van der Waals surface area contributed by atoms with Gasteiger partial charge in [-0.2, -0.15) is 0 Å². The minimum Gasteiger partial charge on any atom is -0.378 e. The smallest absolute Gasteiger partial charge is 0.275 e. The van der Waals surface area contributed by atoms with Gasteiger partial charge in [-0.3, -0.25) is 4.79 Å². The van der Waals surface area contributed by atoms with Crippen LogP contribution in [0.5, 0.6) is 0 Å². The van der Waals surface area contributed by atoms with Gasteiger partial charge in [0.1, 0.15) is 10.7 Å². The van der Waals surface area contributed by atoms with Gasteiger partial charge in [-0.15, -0.1) is 11.3 Å². The monoisotopic (exact) mass is 352 g/mol. The van der Waals surface area contributed by atoms with Gasteiger partial charge in [0.2, 0.25) is 0 Å². The molecule has 0 aliphatic carbocycles. The van der Waals surface area contributed by atoms with Crippen molar-refractivity contribution in [2.45, 2.75) is 6.54 Å². The first kappa shape index (κ1) is 16.2. The number of hydrogen-bond donors (Lipinski definition) is 2. The molecule has 0 spiro atoms. The first-order valence-corrected chi connectivity index (χ1v) is 8.52. The maximum Gasteiger partial charge on any atom is 0.275 e. The molecule has 1 fully saturated rings. The number of amides is 1. The third kappa shape index (κ3) is 3.64. The predicted octanol–water partition coefficient (Wildman–Crippen LogP) is 2.34. The maximum atomic E-state index is 12.4. The first-order chi connectivity index (χ1) is 11.2. The van der Waals surface area contributed by atoms with E-state index in [0.29, 0.717) is 36.2 Å². The molecular formula is C15H17ClN4O2S. The average Bonchev–Trinajstić information content (AvgIpc) is 3.05. The van der Waals surface area contributed by atoms with Crippen molar-refractivity contribution >= 4 is 40.2 Å². The van der Waals surface area contributed by atoms with E-state index in [1.54, 1.807) is 5.38 Å². The van der Waals surface area contributed by atoms with Crippen LogP contribution in [0.15, 0.2) is 23.6 Å². The molecule has 23 heavy (non-hydrogen) atoms. The van der Waals surface area contributed by atoms with Crippen LogP contribution in [0.3, 0.4) is 0 Å². The number of anilines is 2. The number of ether oxygens (including phenoxy) is 1. The Hall–Kier alpha value is -1.67. The quantitative estimate of drug-likeness (QED) is 0.882. The summed E-state index contributed by atoms with van der Waals surface area (Å²) < 4.78 is 5.37. The molecule has 3 rings (SSSR count).